The Labute approximate surface area is 420 Å². The molecule has 0 saturated carbocycles. The molecule has 0 aliphatic rings. The third-order valence-corrected chi connectivity index (χ3v) is 12.4. The first-order valence-corrected chi connectivity index (χ1v) is 23.1. The van der Waals surface area contributed by atoms with Gasteiger partial charge in [0.25, 0.3) is 12.9 Å². The second-order valence-corrected chi connectivity index (χ2v) is 16.9. The summed E-state index contributed by atoms with van der Waals surface area (Å²) >= 11 is 7.13. The molecule has 9 rings (SSSR count). The smallest absolute Gasteiger partial charge is 0.753 e. The minimum atomic E-state index is -4.50. The zero-order chi connectivity index (χ0) is 47.9. The summed E-state index contributed by atoms with van der Waals surface area (Å²) in [6.45, 7) is 2.88. The van der Waals surface area contributed by atoms with Gasteiger partial charge in [-0.2, -0.15) is 18.3 Å². The summed E-state index contributed by atoms with van der Waals surface area (Å²) in [7, 11) is 0. The van der Waals surface area contributed by atoms with Crippen LogP contribution in [0.1, 0.15) is 55.0 Å². The Morgan fingerprint density at radius 3 is 2.10 bits per heavy atom. The van der Waals surface area contributed by atoms with Gasteiger partial charge in [0, 0.05) is 61.8 Å². The first kappa shape index (κ1) is 51.5. The van der Waals surface area contributed by atoms with Crippen LogP contribution in [0.15, 0.2) is 127 Å². The molecule has 11 nitrogen and oxygen atoms in total. The van der Waals surface area contributed by atoms with Crippen LogP contribution in [0, 0.1) is 0 Å². The van der Waals surface area contributed by atoms with Gasteiger partial charge in [-0.05, 0) is 101 Å². The van der Waals surface area contributed by atoms with E-state index >= 15 is 0 Å². The van der Waals surface area contributed by atoms with Crippen molar-refractivity contribution in [2.24, 2.45) is 0 Å². The van der Waals surface area contributed by atoms with E-state index in [0.29, 0.717) is 47.2 Å². The molecule has 0 radical (unpaired) electrons. The Morgan fingerprint density at radius 1 is 0.725 bits per heavy atom. The van der Waals surface area contributed by atoms with Gasteiger partial charge in [-0.15, -0.1) is 22.7 Å². The number of carbonyl (C=O) groups is 2. The number of carbonyl (C=O) groups excluding carboxylic acids is 2. The van der Waals surface area contributed by atoms with Crippen LogP contribution in [0.4, 0.5) is 13.2 Å². The Bertz CT molecular complexity index is 3240. The molecule has 0 N–H and O–H groups in total. The van der Waals surface area contributed by atoms with Crippen molar-refractivity contribution in [2.45, 2.75) is 45.2 Å². The molecule has 0 atom stereocenters. The maximum atomic E-state index is 12.7. The number of hydrogen-bond donors (Lipinski definition) is 0. The molecule has 0 saturated heterocycles. The Balaban J connectivity index is 0.000000227. The number of isothiocyanates is 1. The Kier molecular flexibility index (Phi) is 18.6. The van der Waals surface area contributed by atoms with Crippen LogP contribution in [0.2, 0.25) is 0 Å². The van der Waals surface area contributed by atoms with Crippen LogP contribution < -0.4 is 14.6 Å². The minimum Gasteiger partial charge on any atom is -0.753 e. The second-order valence-electron chi connectivity index (χ2n) is 14.8. The standard InChI is InChI=1S/C31H19N3O4S.C19H19F3N3S.CNS.Ru/c35-18-37-22-10-12-33-27(15-22)29-17-23(38-19-36)16-28(34-29)26-14-21(9-11-32-26)6-5-20-7-8-31-25(13-20)24-3-1-2-4-30(24)39-31;1-2-3-4-5-6-13-8-10-26-18(13)14-7-9-23-15(11-14)16-12-17(25-24-16)19(20,21)22;2-1-3;/h1-19H;7-12H,2-6H2,1H3;;/q;2*-1;+2/b6-5+;;;. The van der Waals surface area contributed by atoms with E-state index < -0.39 is 11.9 Å². The fraction of sp³-hybridized carbons (Fsp3) is 0.137. The number of nitrogens with zero attached hydrogens (tertiary/aromatic N) is 7. The monoisotopic (exact) mass is 1070 g/mol. The number of unbranched alkanes of at least 4 members (excludes halogenated alkanes) is 3. The van der Waals surface area contributed by atoms with Crippen LogP contribution in [-0.2, 0) is 41.7 Å². The Hall–Kier alpha value is -6.94. The zero-order valence-corrected chi connectivity index (χ0v) is 40.6. The summed E-state index contributed by atoms with van der Waals surface area (Å²) in [5, 5.41) is 19.9. The maximum absolute atomic E-state index is 12.7. The summed E-state index contributed by atoms with van der Waals surface area (Å²) in [5.41, 5.74) is 5.75. The van der Waals surface area contributed by atoms with E-state index in [9.17, 15) is 22.8 Å². The van der Waals surface area contributed by atoms with E-state index in [1.165, 1.54) is 56.4 Å². The Morgan fingerprint density at radius 2 is 1.38 bits per heavy atom. The van der Waals surface area contributed by atoms with Gasteiger partial charge < -0.3 is 25.1 Å². The zero-order valence-electron chi connectivity index (χ0n) is 36.4. The number of fused-ring (bicyclic) bond motifs is 3. The van der Waals surface area contributed by atoms with Crippen LogP contribution >= 0.6 is 34.9 Å². The molecule has 2 aromatic carbocycles. The topological polar surface area (TPSA) is 153 Å². The molecule has 0 amide bonds. The number of rotatable bonds is 15. The number of hydrogen-bond acceptors (Lipinski definition) is 12. The van der Waals surface area contributed by atoms with Gasteiger partial charge in [-0.1, -0.05) is 80.5 Å². The molecule has 348 valence electrons. The number of ether oxygens (including phenoxy) is 2. The number of thiocarbonyl (C=S) groups is 1. The molecule has 7 heterocycles. The average molecular weight is 1070 g/mol. The van der Waals surface area contributed by atoms with Crippen molar-refractivity contribution in [1.82, 2.24) is 30.1 Å². The predicted octanol–water partition coefficient (Wildman–Crippen LogP) is 13.4. The summed E-state index contributed by atoms with van der Waals surface area (Å²) in [5.74, 6) is 0.603. The number of thiophene rings is 2. The van der Waals surface area contributed by atoms with E-state index in [2.05, 4.69) is 109 Å². The quantitative estimate of drug-likeness (QED) is 0.0317. The van der Waals surface area contributed by atoms with Crippen molar-refractivity contribution < 1.29 is 51.7 Å². The second kappa shape index (κ2) is 24.9. The number of pyridine rings is 4. The van der Waals surface area contributed by atoms with Crippen LogP contribution in [0.25, 0.3) is 82.3 Å². The van der Waals surface area contributed by atoms with Gasteiger partial charge in [0.05, 0.1) is 28.5 Å². The normalized spacial score (nSPS) is 10.9. The first-order chi connectivity index (χ1) is 33.1. The van der Waals surface area contributed by atoms with Gasteiger partial charge >= 0.3 is 25.7 Å². The molecule has 7 aromatic heterocycles. The van der Waals surface area contributed by atoms with Gasteiger partial charge in [0.1, 0.15) is 17.2 Å². The summed E-state index contributed by atoms with van der Waals surface area (Å²) in [6, 6.07) is 31.8. The van der Waals surface area contributed by atoms with Crippen LogP contribution in [0.5, 0.6) is 11.5 Å². The van der Waals surface area contributed by atoms with Gasteiger partial charge in [-0.3, -0.25) is 24.5 Å². The molecule has 0 spiro atoms. The molecule has 0 unspecified atom stereocenters. The third kappa shape index (κ3) is 13.6. The van der Waals surface area contributed by atoms with Crippen LogP contribution in [0.3, 0.4) is 0 Å². The van der Waals surface area contributed by atoms with Crippen molar-refractivity contribution in [3.8, 4) is 56.1 Å². The molecular weight excluding hydrogens is 1030 g/mol. The minimum absolute atomic E-state index is 0. The number of benzene rings is 2. The van der Waals surface area contributed by atoms with E-state index in [4.69, 9.17) is 14.9 Å². The maximum Gasteiger partial charge on any atom is 2.00 e. The molecular formula is C51H38F3N7O4RuS3. The average Bonchev–Trinajstić information content (AvgIpc) is 4.13. The fourth-order valence-corrected chi connectivity index (χ4v) is 9.14. The molecule has 0 aliphatic heterocycles. The fourth-order valence-electron chi connectivity index (χ4n) is 7.10. The van der Waals surface area contributed by atoms with Crippen molar-refractivity contribution in [1.29, 1.82) is 0 Å². The van der Waals surface area contributed by atoms with Gasteiger partial charge in [0.15, 0.2) is 0 Å². The predicted molar refractivity (Wildman–Crippen MR) is 265 cm³/mol. The molecule has 18 heteroatoms. The summed E-state index contributed by atoms with van der Waals surface area (Å²) in [4.78, 5) is 40.6. The number of alkyl halides is 3. The van der Waals surface area contributed by atoms with E-state index in [0.717, 1.165) is 40.5 Å². The van der Waals surface area contributed by atoms with Crippen molar-refractivity contribution >= 4 is 85.3 Å². The molecule has 69 heavy (non-hydrogen) atoms. The summed E-state index contributed by atoms with van der Waals surface area (Å²) < 4.78 is 50.8. The SMILES string of the molecule is CCCCCCc1ccsc1-c1ccnc(-c2cc(C(F)(F)F)n[n-]2)c1.O=COc1ccnc(-c2cc(OC=O)cc(-c3cc(/C=C/c4ccc5sc6ccccc6c5c4)ccn3)n2)c1.[N-]=C=S.[Ru+2]. The molecule has 9 aromatic rings. The van der Waals surface area contributed by atoms with Crippen molar-refractivity contribution in [3.63, 3.8) is 0 Å². The van der Waals surface area contributed by atoms with Crippen LogP contribution in [-0.4, -0.2) is 43.1 Å². The molecule has 0 fully saturated rings. The number of aromatic nitrogens is 6. The van der Waals surface area contributed by atoms with Gasteiger partial charge in [0.2, 0.25) is 0 Å². The molecule has 0 aliphatic carbocycles. The van der Waals surface area contributed by atoms with E-state index in [1.54, 1.807) is 65.4 Å². The number of aryl methyl sites for hydroxylation is 1. The third-order valence-electron chi connectivity index (χ3n) is 10.2. The largest absolute Gasteiger partial charge is 2.00 e. The molecule has 0 bridgehead atoms. The summed E-state index contributed by atoms with van der Waals surface area (Å²) in [6.07, 6.45) is 10.2. The van der Waals surface area contributed by atoms with Crippen molar-refractivity contribution in [2.75, 3.05) is 0 Å². The van der Waals surface area contributed by atoms with E-state index in [1.807, 2.05) is 24.3 Å². The first-order valence-electron chi connectivity index (χ1n) is 21.0. The number of halogens is 3. The van der Waals surface area contributed by atoms with Gasteiger partial charge in [-0.25, -0.2) is 4.98 Å². The van der Waals surface area contributed by atoms with Crippen molar-refractivity contribution in [3.05, 3.63) is 155 Å². The van der Waals surface area contributed by atoms with E-state index in [-0.39, 0.29) is 30.9 Å².